The van der Waals surface area contributed by atoms with Crippen LogP contribution in [0.1, 0.15) is 10.4 Å². The highest BCUT2D eigenvalue weighted by Gasteiger charge is 2.19. The molecule has 5 nitrogen and oxygen atoms in total. The van der Waals surface area contributed by atoms with Gasteiger partial charge in [0.05, 0.1) is 5.56 Å². The molecule has 0 aliphatic carbocycles. The third-order valence-electron chi connectivity index (χ3n) is 3.47. The number of hydrogen-bond acceptors (Lipinski definition) is 3. The van der Waals surface area contributed by atoms with Gasteiger partial charge in [-0.25, -0.2) is 13.2 Å². The van der Waals surface area contributed by atoms with Gasteiger partial charge in [-0.05, 0) is 57.0 Å². The summed E-state index contributed by atoms with van der Waals surface area (Å²) in [5.74, 6) is -1.12. The van der Waals surface area contributed by atoms with E-state index in [1.807, 2.05) is 30.3 Å². The van der Waals surface area contributed by atoms with Crippen LogP contribution in [0.4, 0.5) is 5.69 Å². The summed E-state index contributed by atoms with van der Waals surface area (Å²) in [5, 5.41) is 10.9. The molecule has 0 radical (unpaired) electrons. The number of aromatic carboxylic acids is 1. The third-order valence-corrected chi connectivity index (χ3v) is 5.83. The smallest absolute Gasteiger partial charge is 0.335 e. The number of carboxylic acid groups (broad SMARTS) is 1. The molecule has 0 unspecified atom stereocenters. The lowest BCUT2D eigenvalue weighted by Gasteiger charge is -2.11. The van der Waals surface area contributed by atoms with Crippen LogP contribution in [0.3, 0.4) is 0 Å². The van der Waals surface area contributed by atoms with E-state index in [0.717, 1.165) is 10.8 Å². The van der Waals surface area contributed by atoms with E-state index in [0.29, 0.717) is 5.69 Å². The zero-order chi connectivity index (χ0) is 17.3. The van der Waals surface area contributed by atoms with Gasteiger partial charge < -0.3 is 5.11 Å². The first-order valence-electron chi connectivity index (χ1n) is 6.91. The van der Waals surface area contributed by atoms with Crippen molar-refractivity contribution in [2.75, 3.05) is 4.72 Å². The van der Waals surface area contributed by atoms with Crippen molar-refractivity contribution in [2.45, 2.75) is 4.90 Å². The van der Waals surface area contributed by atoms with E-state index in [4.69, 9.17) is 5.11 Å². The number of halogens is 1. The van der Waals surface area contributed by atoms with Gasteiger partial charge in [-0.3, -0.25) is 4.72 Å². The van der Waals surface area contributed by atoms with Crippen LogP contribution in [0.2, 0.25) is 0 Å². The van der Waals surface area contributed by atoms with Gasteiger partial charge in [0.2, 0.25) is 0 Å². The van der Waals surface area contributed by atoms with E-state index >= 15 is 0 Å². The quantitative estimate of drug-likeness (QED) is 0.684. The second kappa shape index (κ2) is 6.26. The number of carboxylic acids is 1. The van der Waals surface area contributed by atoms with Crippen LogP contribution >= 0.6 is 15.9 Å². The Morgan fingerprint density at radius 3 is 2.33 bits per heavy atom. The minimum Gasteiger partial charge on any atom is -0.478 e. The first-order valence-corrected chi connectivity index (χ1v) is 9.19. The molecule has 0 bridgehead atoms. The molecule has 0 aromatic heterocycles. The predicted octanol–water partition coefficient (Wildman–Crippen LogP) is 4.10. The van der Waals surface area contributed by atoms with E-state index in [1.54, 1.807) is 12.1 Å². The average molecular weight is 406 g/mol. The molecule has 3 aromatic rings. The number of nitrogens with one attached hydrogen (secondary N) is 1. The van der Waals surface area contributed by atoms with E-state index in [-0.39, 0.29) is 14.9 Å². The number of rotatable bonds is 4. The molecule has 0 amide bonds. The van der Waals surface area contributed by atoms with Crippen molar-refractivity contribution in [3.63, 3.8) is 0 Å². The number of benzene rings is 3. The summed E-state index contributed by atoms with van der Waals surface area (Å²) < 4.78 is 27.8. The van der Waals surface area contributed by atoms with Gasteiger partial charge >= 0.3 is 5.97 Å². The molecule has 0 aliphatic heterocycles. The second-order valence-electron chi connectivity index (χ2n) is 5.12. The summed E-state index contributed by atoms with van der Waals surface area (Å²) in [6, 6.07) is 16.6. The first-order chi connectivity index (χ1) is 11.4. The van der Waals surface area contributed by atoms with Gasteiger partial charge in [0.15, 0.2) is 0 Å². The second-order valence-corrected chi connectivity index (χ2v) is 7.62. The van der Waals surface area contributed by atoms with Crippen LogP contribution in [0.25, 0.3) is 10.8 Å². The van der Waals surface area contributed by atoms with Crippen molar-refractivity contribution < 1.29 is 18.3 Å². The van der Waals surface area contributed by atoms with Crippen LogP contribution in [0.15, 0.2) is 70.0 Å². The zero-order valence-electron chi connectivity index (χ0n) is 12.2. The Morgan fingerprint density at radius 2 is 1.67 bits per heavy atom. The topological polar surface area (TPSA) is 83.5 Å². The highest BCUT2D eigenvalue weighted by atomic mass is 79.9. The van der Waals surface area contributed by atoms with Crippen molar-refractivity contribution >= 4 is 48.4 Å². The average Bonchev–Trinajstić information content (AvgIpc) is 2.54. The van der Waals surface area contributed by atoms with Gasteiger partial charge in [-0.15, -0.1) is 0 Å². The first kappa shape index (κ1) is 16.5. The maximum absolute atomic E-state index is 12.6. The summed E-state index contributed by atoms with van der Waals surface area (Å²) >= 11 is 3.12. The van der Waals surface area contributed by atoms with E-state index in [9.17, 15) is 13.2 Å². The van der Waals surface area contributed by atoms with Crippen molar-refractivity contribution in [2.24, 2.45) is 0 Å². The molecule has 0 atom stereocenters. The lowest BCUT2D eigenvalue weighted by atomic mass is 10.1. The Balaban J connectivity index is 1.96. The fourth-order valence-corrected chi connectivity index (χ4v) is 4.44. The Labute approximate surface area is 147 Å². The lowest BCUT2D eigenvalue weighted by Crippen LogP contribution is -2.14. The minimum absolute atomic E-state index is 0.00605. The molecule has 0 spiro atoms. The number of anilines is 1. The molecule has 3 rings (SSSR count). The predicted molar refractivity (Wildman–Crippen MR) is 95.9 cm³/mol. The molecule has 0 saturated heterocycles. The number of carbonyl (C=O) groups is 1. The molecular formula is C17H12BrNO4S. The lowest BCUT2D eigenvalue weighted by molar-refractivity contribution is 0.0696. The third kappa shape index (κ3) is 3.27. The molecule has 0 aliphatic rings. The summed E-state index contributed by atoms with van der Waals surface area (Å²) in [7, 11) is -3.84. The monoisotopic (exact) mass is 405 g/mol. The van der Waals surface area contributed by atoms with Crippen LogP contribution in [-0.2, 0) is 10.0 Å². The van der Waals surface area contributed by atoms with E-state index in [1.165, 1.54) is 18.2 Å². The van der Waals surface area contributed by atoms with Gasteiger partial charge in [-0.1, -0.05) is 30.3 Å². The Bertz CT molecular complexity index is 1050. The minimum atomic E-state index is -3.84. The Hall–Kier alpha value is -2.38. The number of hydrogen-bond donors (Lipinski definition) is 2. The molecule has 24 heavy (non-hydrogen) atoms. The van der Waals surface area contributed by atoms with E-state index in [2.05, 4.69) is 20.7 Å². The Morgan fingerprint density at radius 1 is 0.958 bits per heavy atom. The standard InChI is InChI=1S/C17H12BrNO4S/c18-15-10-13(17(20)21)6-8-16(15)24(22,23)19-14-7-5-11-3-1-2-4-12(11)9-14/h1-10,19H,(H,20,21). The van der Waals surface area contributed by atoms with Crippen molar-refractivity contribution in [3.05, 3.63) is 70.7 Å². The molecule has 3 aromatic carbocycles. The maximum Gasteiger partial charge on any atom is 0.335 e. The van der Waals surface area contributed by atoms with Crippen LogP contribution in [0.5, 0.6) is 0 Å². The summed E-state index contributed by atoms with van der Waals surface area (Å²) in [6.07, 6.45) is 0. The molecule has 2 N–H and O–H groups in total. The molecule has 0 saturated carbocycles. The zero-order valence-corrected chi connectivity index (χ0v) is 14.6. The molecule has 122 valence electrons. The number of sulfonamides is 1. The molecule has 0 fully saturated rings. The van der Waals surface area contributed by atoms with Crippen LogP contribution < -0.4 is 4.72 Å². The highest BCUT2D eigenvalue weighted by Crippen LogP contribution is 2.27. The SMILES string of the molecule is O=C(O)c1ccc(S(=O)(=O)Nc2ccc3ccccc3c2)c(Br)c1. The van der Waals surface area contributed by atoms with Crippen LogP contribution in [0, 0.1) is 0 Å². The highest BCUT2D eigenvalue weighted by molar-refractivity contribution is 9.10. The van der Waals surface area contributed by atoms with Crippen LogP contribution in [-0.4, -0.2) is 19.5 Å². The van der Waals surface area contributed by atoms with Gasteiger partial charge in [0.25, 0.3) is 10.0 Å². The van der Waals surface area contributed by atoms with Crippen molar-refractivity contribution in [1.29, 1.82) is 0 Å². The molecule has 7 heteroatoms. The fourth-order valence-electron chi connectivity index (χ4n) is 2.31. The van der Waals surface area contributed by atoms with Crippen molar-refractivity contribution in [1.82, 2.24) is 0 Å². The summed E-state index contributed by atoms with van der Waals surface area (Å²) in [4.78, 5) is 10.9. The van der Waals surface area contributed by atoms with Crippen molar-refractivity contribution in [3.8, 4) is 0 Å². The van der Waals surface area contributed by atoms with Gasteiger partial charge in [-0.2, -0.15) is 0 Å². The van der Waals surface area contributed by atoms with Gasteiger partial charge in [0.1, 0.15) is 4.90 Å². The molecular weight excluding hydrogens is 394 g/mol. The molecule has 0 heterocycles. The number of fused-ring (bicyclic) bond motifs is 1. The summed E-state index contributed by atoms with van der Waals surface area (Å²) in [5.41, 5.74) is 0.439. The Kier molecular flexibility index (Phi) is 4.29. The maximum atomic E-state index is 12.6. The summed E-state index contributed by atoms with van der Waals surface area (Å²) in [6.45, 7) is 0. The normalized spacial score (nSPS) is 11.4. The fraction of sp³-hybridized carbons (Fsp3) is 0. The van der Waals surface area contributed by atoms with Gasteiger partial charge in [0, 0.05) is 10.2 Å². The van der Waals surface area contributed by atoms with E-state index < -0.39 is 16.0 Å². The largest absolute Gasteiger partial charge is 0.478 e.